The molecule has 1 atom stereocenters. The Morgan fingerprint density at radius 1 is 1.47 bits per heavy atom. The average Bonchev–Trinajstić information content (AvgIpc) is 3.22. The fourth-order valence-corrected chi connectivity index (χ4v) is 2.35. The van der Waals surface area contributed by atoms with Gasteiger partial charge in [-0.2, -0.15) is 0 Å². The minimum atomic E-state index is -0.459. The van der Waals surface area contributed by atoms with Gasteiger partial charge in [0.05, 0.1) is 12.2 Å². The van der Waals surface area contributed by atoms with E-state index in [0.29, 0.717) is 19.1 Å². The Morgan fingerprint density at radius 2 is 2.16 bits per heavy atom. The van der Waals surface area contributed by atoms with Gasteiger partial charge in [-0.3, -0.25) is 9.69 Å². The van der Waals surface area contributed by atoms with Gasteiger partial charge in [-0.05, 0) is 25.0 Å². The SMILES string of the molecule is CC(CN(CCO)C1CC1)C(=O)c1ccccc1F. The van der Waals surface area contributed by atoms with Crippen molar-refractivity contribution in [3.05, 3.63) is 35.6 Å². The van der Waals surface area contributed by atoms with E-state index in [9.17, 15) is 9.18 Å². The molecule has 0 saturated heterocycles. The molecule has 0 amide bonds. The number of aliphatic hydroxyl groups is 1. The van der Waals surface area contributed by atoms with Crippen molar-refractivity contribution in [2.24, 2.45) is 5.92 Å². The van der Waals surface area contributed by atoms with Gasteiger partial charge < -0.3 is 5.11 Å². The van der Waals surface area contributed by atoms with E-state index in [1.807, 2.05) is 6.92 Å². The third-order valence-corrected chi connectivity index (χ3v) is 3.55. The van der Waals surface area contributed by atoms with E-state index in [4.69, 9.17) is 5.11 Å². The molecule has 2 rings (SSSR count). The topological polar surface area (TPSA) is 40.5 Å². The summed E-state index contributed by atoms with van der Waals surface area (Å²) in [6.07, 6.45) is 2.25. The number of Topliss-reactive ketones (excluding diaryl/α,β-unsaturated/α-hetero) is 1. The zero-order valence-corrected chi connectivity index (χ0v) is 11.2. The Balaban J connectivity index is 2.00. The Morgan fingerprint density at radius 3 is 2.74 bits per heavy atom. The average molecular weight is 265 g/mol. The molecule has 1 aromatic rings. The van der Waals surface area contributed by atoms with Crippen LogP contribution in [-0.2, 0) is 0 Å². The number of hydrogen-bond donors (Lipinski definition) is 1. The summed E-state index contributed by atoms with van der Waals surface area (Å²) in [5.74, 6) is -0.884. The molecule has 4 heteroatoms. The first-order valence-corrected chi connectivity index (χ1v) is 6.77. The number of halogens is 1. The van der Waals surface area contributed by atoms with Crippen LogP contribution in [0.2, 0.25) is 0 Å². The maximum absolute atomic E-state index is 13.6. The van der Waals surface area contributed by atoms with E-state index >= 15 is 0 Å². The number of aliphatic hydroxyl groups excluding tert-OH is 1. The van der Waals surface area contributed by atoms with Crippen LogP contribution in [0.25, 0.3) is 0 Å². The van der Waals surface area contributed by atoms with Crippen LogP contribution in [0.1, 0.15) is 30.1 Å². The Labute approximate surface area is 113 Å². The highest BCUT2D eigenvalue weighted by Crippen LogP contribution is 2.27. The van der Waals surface area contributed by atoms with Crippen LogP contribution in [0, 0.1) is 11.7 Å². The molecule has 0 heterocycles. The summed E-state index contributed by atoms with van der Waals surface area (Å²) in [6, 6.07) is 6.59. The number of nitrogens with zero attached hydrogens (tertiary/aromatic N) is 1. The van der Waals surface area contributed by atoms with Gasteiger partial charge in [0.15, 0.2) is 5.78 Å². The van der Waals surface area contributed by atoms with Gasteiger partial charge in [-0.1, -0.05) is 19.1 Å². The second-order valence-electron chi connectivity index (χ2n) is 5.19. The van der Waals surface area contributed by atoms with E-state index < -0.39 is 5.82 Å². The van der Waals surface area contributed by atoms with Crippen molar-refractivity contribution >= 4 is 5.78 Å². The molecule has 1 aliphatic carbocycles. The van der Waals surface area contributed by atoms with E-state index in [-0.39, 0.29) is 23.9 Å². The van der Waals surface area contributed by atoms with E-state index in [1.165, 1.54) is 12.1 Å². The lowest BCUT2D eigenvalue weighted by Crippen LogP contribution is -2.35. The number of benzene rings is 1. The van der Waals surface area contributed by atoms with Crippen LogP contribution in [-0.4, -0.2) is 41.5 Å². The van der Waals surface area contributed by atoms with Gasteiger partial charge in [0.1, 0.15) is 5.82 Å². The quantitative estimate of drug-likeness (QED) is 0.768. The number of carbonyl (C=O) groups is 1. The summed E-state index contributed by atoms with van der Waals surface area (Å²) >= 11 is 0. The molecule has 3 nitrogen and oxygen atoms in total. The molecule has 1 aromatic carbocycles. The van der Waals surface area contributed by atoms with Gasteiger partial charge in [-0.15, -0.1) is 0 Å². The molecule has 1 saturated carbocycles. The molecular weight excluding hydrogens is 245 g/mol. The van der Waals surface area contributed by atoms with E-state index in [1.54, 1.807) is 12.1 Å². The van der Waals surface area contributed by atoms with Crippen LogP contribution >= 0.6 is 0 Å². The van der Waals surface area contributed by atoms with Crippen molar-refractivity contribution in [1.29, 1.82) is 0 Å². The largest absolute Gasteiger partial charge is 0.395 e. The highest BCUT2D eigenvalue weighted by Gasteiger charge is 2.31. The Kier molecular flexibility index (Phi) is 4.66. The second-order valence-corrected chi connectivity index (χ2v) is 5.19. The van der Waals surface area contributed by atoms with Gasteiger partial charge in [0.25, 0.3) is 0 Å². The predicted molar refractivity (Wildman–Crippen MR) is 71.6 cm³/mol. The fourth-order valence-electron chi connectivity index (χ4n) is 2.35. The van der Waals surface area contributed by atoms with E-state index in [2.05, 4.69) is 4.90 Å². The molecule has 0 bridgehead atoms. The van der Waals surface area contributed by atoms with Crippen molar-refractivity contribution in [3.63, 3.8) is 0 Å². The third kappa shape index (κ3) is 3.61. The molecule has 0 aromatic heterocycles. The summed E-state index contributed by atoms with van der Waals surface area (Å²) < 4.78 is 13.6. The van der Waals surface area contributed by atoms with Crippen molar-refractivity contribution in [2.45, 2.75) is 25.8 Å². The molecule has 0 aliphatic heterocycles. The van der Waals surface area contributed by atoms with Gasteiger partial charge >= 0.3 is 0 Å². The van der Waals surface area contributed by atoms with Crippen LogP contribution in [0.4, 0.5) is 4.39 Å². The Bertz CT molecular complexity index is 446. The number of hydrogen-bond acceptors (Lipinski definition) is 3. The number of ketones is 1. The monoisotopic (exact) mass is 265 g/mol. The number of carbonyl (C=O) groups excluding carboxylic acids is 1. The molecule has 0 spiro atoms. The fraction of sp³-hybridized carbons (Fsp3) is 0.533. The molecule has 1 aliphatic rings. The van der Waals surface area contributed by atoms with Crippen molar-refractivity contribution < 1.29 is 14.3 Å². The molecule has 1 N–H and O–H groups in total. The lowest BCUT2D eigenvalue weighted by Gasteiger charge is -2.24. The minimum absolute atomic E-state index is 0.0944. The third-order valence-electron chi connectivity index (χ3n) is 3.55. The zero-order valence-electron chi connectivity index (χ0n) is 11.2. The van der Waals surface area contributed by atoms with Crippen LogP contribution in [0.15, 0.2) is 24.3 Å². The molecule has 1 fully saturated rings. The number of rotatable bonds is 7. The molecular formula is C15H20FNO2. The standard InChI is InChI=1S/C15H20FNO2/c1-11(10-17(8-9-18)12-6-7-12)15(19)13-4-2-3-5-14(13)16/h2-5,11-12,18H,6-10H2,1H3. The lowest BCUT2D eigenvalue weighted by atomic mass is 9.98. The van der Waals surface area contributed by atoms with Crippen LogP contribution in [0.5, 0.6) is 0 Å². The molecule has 104 valence electrons. The summed E-state index contributed by atoms with van der Waals surface area (Å²) in [5.41, 5.74) is 0.162. The molecule has 0 radical (unpaired) electrons. The summed E-state index contributed by atoms with van der Waals surface area (Å²) in [7, 11) is 0. The minimum Gasteiger partial charge on any atom is -0.395 e. The van der Waals surface area contributed by atoms with Crippen molar-refractivity contribution in [1.82, 2.24) is 4.90 Å². The maximum atomic E-state index is 13.6. The Hall–Kier alpha value is -1.26. The van der Waals surface area contributed by atoms with E-state index in [0.717, 1.165) is 12.8 Å². The van der Waals surface area contributed by atoms with Gasteiger partial charge in [0.2, 0.25) is 0 Å². The van der Waals surface area contributed by atoms with Crippen molar-refractivity contribution in [2.75, 3.05) is 19.7 Å². The smallest absolute Gasteiger partial charge is 0.169 e. The second kappa shape index (κ2) is 6.26. The first-order valence-electron chi connectivity index (χ1n) is 6.77. The lowest BCUT2D eigenvalue weighted by molar-refractivity contribution is 0.0872. The van der Waals surface area contributed by atoms with Crippen LogP contribution in [0.3, 0.4) is 0 Å². The van der Waals surface area contributed by atoms with Gasteiger partial charge in [-0.25, -0.2) is 4.39 Å². The normalized spacial score (nSPS) is 16.6. The van der Waals surface area contributed by atoms with Crippen molar-refractivity contribution in [3.8, 4) is 0 Å². The zero-order chi connectivity index (χ0) is 13.8. The summed E-state index contributed by atoms with van der Waals surface area (Å²) in [4.78, 5) is 14.3. The molecule has 1 unspecified atom stereocenters. The maximum Gasteiger partial charge on any atom is 0.169 e. The highest BCUT2D eigenvalue weighted by molar-refractivity contribution is 5.98. The van der Waals surface area contributed by atoms with Gasteiger partial charge in [0, 0.05) is 25.0 Å². The predicted octanol–water partition coefficient (Wildman–Crippen LogP) is 2.10. The first kappa shape index (κ1) is 14.2. The summed E-state index contributed by atoms with van der Waals surface area (Å²) in [5, 5.41) is 9.04. The highest BCUT2D eigenvalue weighted by atomic mass is 19.1. The summed E-state index contributed by atoms with van der Waals surface area (Å²) in [6.45, 7) is 3.08. The van der Waals surface area contributed by atoms with Crippen LogP contribution < -0.4 is 0 Å². The molecule has 19 heavy (non-hydrogen) atoms. The first-order chi connectivity index (χ1) is 9.13.